The number of benzene rings is 2. The van der Waals surface area contributed by atoms with E-state index in [9.17, 15) is 14.4 Å². The number of carbonyl (C=O) groups is 3. The molecular weight excluding hydrogens is 480 g/mol. The highest BCUT2D eigenvalue weighted by Gasteiger charge is 2.31. The summed E-state index contributed by atoms with van der Waals surface area (Å²) in [4.78, 5) is 35.5. The van der Waals surface area contributed by atoms with Crippen LogP contribution in [0, 0.1) is 5.41 Å². The Morgan fingerprint density at radius 1 is 0.842 bits per heavy atom. The molecule has 1 aliphatic rings. The lowest BCUT2D eigenvalue weighted by molar-refractivity contribution is -0.125. The van der Waals surface area contributed by atoms with E-state index < -0.39 is 12.2 Å². The Kier molecular flexibility index (Phi) is 10.1. The molecule has 2 aromatic carbocycles. The minimum atomic E-state index is -0.424. The second-order valence-corrected chi connectivity index (χ2v) is 11.5. The Balaban J connectivity index is 1.35. The van der Waals surface area contributed by atoms with Crippen molar-refractivity contribution in [3.05, 3.63) is 59.7 Å². The van der Waals surface area contributed by atoms with Crippen LogP contribution in [0.2, 0.25) is 0 Å². The van der Waals surface area contributed by atoms with E-state index in [-0.39, 0.29) is 35.5 Å². The van der Waals surface area contributed by atoms with Crippen molar-refractivity contribution in [2.45, 2.75) is 78.4 Å². The molecule has 0 bridgehead atoms. The van der Waals surface area contributed by atoms with Crippen molar-refractivity contribution in [2.75, 3.05) is 19.7 Å². The van der Waals surface area contributed by atoms with Crippen LogP contribution in [0.5, 0.6) is 0 Å². The smallest absolute Gasteiger partial charge is 0.408 e. The Morgan fingerprint density at radius 2 is 1.45 bits per heavy atom. The predicted molar refractivity (Wildman–Crippen MR) is 149 cm³/mol. The van der Waals surface area contributed by atoms with E-state index in [0.29, 0.717) is 19.7 Å². The molecule has 2 amide bonds. The first-order valence-corrected chi connectivity index (χ1v) is 13.5. The summed E-state index contributed by atoms with van der Waals surface area (Å²) in [6.45, 7) is 11.4. The van der Waals surface area contributed by atoms with Crippen LogP contribution >= 0.6 is 0 Å². The fraction of sp³-hybridized carbons (Fsp3) is 0.516. The number of amides is 2. The molecule has 2 N–H and O–H groups in total. The second-order valence-electron chi connectivity index (χ2n) is 11.5. The number of rotatable bonds is 14. The van der Waals surface area contributed by atoms with Crippen LogP contribution in [0.25, 0.3) is 11.1 Å². The minimum Gasteiger partial charge on any atom is -0.436 e. The lowest BCUT2D eigenvalue weighted by Gasteiger charge is -2.30. The molecule has 7 heteroatoms. The number of nitrogens with one attached hydrogen (secondary N) is 2. The molecule has 0 saturated heterocycles. The Hall–Kier alpha value is -3.19. The van der Waals surface area contributed by atoms with Gasteiger partial charge in [-0.05, 0) is 56.6 Å². The molecule has 0 atom stereocenters. The Bertz CT molecular complexity index is 1080. The predicted octanol–water partition coefficient (Wildman–Crippen LogP) is 5.96. The zero-order chi connectivity index (χ0) is 27.8. The number of ketones is 1. The third-order valence-electron chi connectivity index (χ3n) is 6.97. The first kappa shape index (κ1) is 29.4. The lowest BCUT2D eigenvalue weighted by Crippen LogP contribution is -2.36. The maximum Gasteiger partial charge on any atom is 0.408 e. The summed E-state index contributed by atoms with van der Waals surface area (Å²) in [7, 11) is 0. The first-order valence-electron chi connectivity index (χ1n) is 13.5. The van der Waals surface area contributed by atoms with Crippen molar-refractivity contribution in [3.63, 3.8) is 0 Å². The summed E-state index contributed by atoms with van der Waals surface area (Å²) in [5.74, 6) is -0.0746. The van der Waals surface area contributed by atoms with E-state index in [4.69, 9.17) is 9.47 Å². The molecule has 7 nitrogen and oxygen atoms in total. The second kappa shape index (κ2) is 13.1. The van der Waals surface area contributed by atoms with Crippen LogP contribution in [0.15, 0.2) is 48.5 Å². The van der Waals surface area contributed by atoms with Crippen molar-refractivity contribution < 1.29 is 23.9 Å². The molecule has 2 aromatic rings. The number of ether oxygens (including phenoxy) is 2. The van der Waals surface area contributed by atoms with Gasteiger partial charge < -0.3 is 24.9 Å². The van der Waals surface area contributed by atoms with Crippen LogP contribution < -0.4 is 10.6 Å². The zero-order valence-corrected chi connectivity index (χ0v) is 23.4. The highest BCUT2D eigenvalue weighted by Crippen LogP contribution is 2.45. The van der Waals surface area contributed by atoms with Gasteiger partial charge in [-0.25, -0.2) is 4.79 Å². The molecule has 0 aliphatic heterocycles. The van der Waals surface area contributed by atoms with Crippen molar-refractivity contribution in [1.82, 2.24) is 10.6 Å². The fourth-order valence-corrected chi connectivity index (χ4v) is 4.57. The number of fused-ring (bicyclic) bond motifs is 3. The SMILES string of the molecule is CC(=O)CCC(=O)NCC(C)(C)CCOC(C)(C)CCCNC(=O)OC1c2ccccc2-c2ccccc21. The van der Waals surface area contributed by atoms with Crippen LogP contribution in [0.3, 0.4) is 0 Å². The van der Waals surface area contributed by atoms with Gasteiger partial charge in [0, 0.05) is 43.7 Å². The monoisotopic (exact) mass is 522 g/mol. The van der Waals surface area contributed by atoms with Crippen LogP contribution in [0.1, 0.15) is 84.0 Å². The average Bonchev–Trinajstić information content (AvgIpc) is 3.17. The van der Waals surface area contributed by atoms with Gasteiger partial charge in [0.25, 0.3) is 0 Å². The number of hydrogen-bond donors (Lipinski definition) is 2. The number of alkyl carbamates (subject to hydrolysis) is 1. The topological polar surface area (TPSA) is 93.7 Å². The van der Waals surface area contributed by atoms with Gasteiger partial charge in [-0.3, -0.25) is 4.79 Å². The maximum absolute atomic E-state index is 12.6. The molecule has 0 saturated carbocycles. The summed E-state index contributed by atoms with van der Waals surface area (Å²) >= 11 is 0. The normalized spacial score (nSPS) is 13.0. The fourth-order valence-electron chi connectivity index (χ4n) is 4.57. The summed E-state index contributed by atoms with van der Waals surface area (Å²) in [5.41, 5.74) is 3.78. The Morgan fingerprint density at radius 3 is 2.05 bits per heavy atom. The van der Waals surface area contributed by atoms with Crippen molar-refractivity contribution >= 4 is 17.8 Å². The molecule has 1 aliphatic carbocycles. The van der Waals surface area contributed by atoms with Gasteiger partial charge in [0.1, 0.15) is 5.78 Å². The summed E-state index contributed by atoms with van der Waals surface area (Å²) in [6, 6.07) is 16.1. The standard InChI is InChI=1S/C31H42N2O5/c1-22(34)15-16-27(35)33-21-30(2,3)18-20-37-31(4,5)17-10-19-32-29(36)38-28-25-13-8-6-11-23(25)24-12-7-9-14-26(24)28/h6-9,11-14,28H,10,15-21H2,1-5H3,(H,32,36)(H,33,35). The van der Waals surface area contributed by atoms with Gasteiger partial charge in [0.15, 0.2) is 6.10 Å². The lowest BCUT2D eigenvalue weighted by atomic mass is 9.89. The molecule has 3 rings (SSSR count). The molecule has 206 valence electrons. The Labute approximate surface area is 226 Å². The van der Waals surface area contributed by atoms with Gasteiger partial charge in [0.05, 0.1) is 5.60 Å². The van der Waals surface area contributed by atoms with Gasteiger partial charge >= 0.3 is 6.09 Å². The van der Waals surface area contributed by atoms with Crippen LogP contribution in [-0.2, 0) is 19.1 Å². The molecular formula is C31H42N2O5. The molecule has 38 heavy (non-hydrogen) atoms. The van der Waals surface area contributed by atoms with Gasteiger partial charge in [-0.15, -0.1) is 0 Å². The molecule has 0 fully saturated rings. The highest BCUT2D eigenvalue weighted by atomic mass is 16.6. The largest absolute Gasteiger partial charge is 0.436 e. The quantitative estimate of drug-likeness (QED) is 0.299. The molecule has 0 radical (unpaired) electrons. The highest BCUT2D eigenvalue weighted by molar-refractivity contribution is 5.83. The summed E-state index contributed by atoms with van der Waals surface area (Å²) < 4.78 is 12.0. The number of carbonyl (C=O) groups excluding carboxylic acids is 3. The molecule has 0 unspecified atom stereocenters. The van der Waals surface area contributed by atoms with Crippen LogP contribution in [0.4, 0.5) is 4.79 Å². The van der Waals surface area contributed by atoms with Crippen molar-refractivity contribution in [3.8, 4) is 11.1 Å². The van der Waals surface area contributed by atoms with Gasteiger partial charge in [-0.2, -0.15) is 0 Å². The summed E-state index contributed by atoms with van der Waals surface area (Å²) in [5, 5.41) is 5.81. The van der Waals surface area contributed by atoms with Gasteiger partial charge in [0.2, 0.25) is 5.91 Å². The summed E-state index contributed by atoms with van der Waals surface area (Å²) in [6.07, 6.45) is 2.02. The number of hydrogen-bond acceptors (Lipinski definition) is 5. The maximum atomic E-state index is 12.6. The first-order chi connectivity index (χ1) is 18.0. The minimum absolute atomic E-state index is 0.0208. The van der Waals surface area contributed by atoms with E-state index in [2.05, 4.69) is 36.6 Å². The average molecular weight is 523 g/mol. The third kappa shape index (κ3) is 8.69. The number of Topliss-reactive ketones (excluding diaryl/α,β-unsaturated/α-hetero) is 1. The van der Waals surface area contributed by atoms with Crippen molar-refractivity contribution in [2.24, 2.45) is 5.41 Å². The van der Waals surface area contributed by atoms with E-state index >= 15 is 0 Å². The molecule has 0 aromatic heterocycles. The van der Waals surface area contributed by atoms with E-state index in [1.165, 1.54) is 6.92 Å². The van der Waals surface area contributed by atoms with E-state index in [0.717, 1.165) is 41.5 Å². The third-order valence-corrected chi connectivity index (χ3v) is 6.97. The van der Waals surface area contributed by atoms with E-state index in [1.807, 2.05) is 50.2 Å². The zero-order valence-electron chi connectivity index (χ0n) is 23.4. The van der Waals surface area contributed by atoms with Crippen LogP contribution in [-0.4, -0.2) is 43.1 Å². The van der Waals surface area contributed by atoms with Crippen molar-refractivity contribution in [1.29, 1.82) is 0 Å². The molecule has 0 heterocycles. The molecule has 0 spiro atoms. The van der Waals surface area contributed by atoms with Gasteiger partial charge in [-0.1, -0.05) is 62.4 Å². The van der Waals surface area contributed by atoms with E-state index in [1.54, 1.807) is 0 Å².